The van der Waals surface area contributed by atoms with Crippen molar-refractivity contribution in [2.75, 3.05) is 26.4 Å². The average molecular weight is 272 g/mol. The zero-order valence-electron chi connectivity index (χ0n) is 11.8. The highest BCUT2D eigenvalue weighted by molar-refractivity contribution is 5.81. The van der Waals surface area contributed by atoms with Crippen molar-refractivity contribution in [3.8, 4) is 0 Å². The summed E-state index contributed by atoms with van der Waals surface area (Å²) in [5, 5.41) is 0. The van der Waals surface area contributed by atoms with Gasteiger partial charge in [-0.05, 0) is 26.7 Å². The summed E-state index contributed by atoms with van der Waals surface area (Å²) in [7, 11) is 0. The molecular formula is C14H24O5. The maximum absolute atomic E-state index is 10.9. The topological polar surface area (TPSA) is 54.0 Å². The van der Waals surface area contributed by atoms with Crippen LogP contribution in [0.15, 0.2) is 12.7 Å². The van der Waals surface area contributed by atoms with Gasteiger partial charge in [0.25, 0.3) is 0 Å². The molecule has 0 radical (unpaired) electrons. The Kier molecular flexibility index (Phi) is 7.70. The Morgan fingerprint density at radius 1 is 1.37 bits per heavy atom. The molecule has 0 aliphatic carbocycles. The Labute approximate surface area is 114 Å². The Balaban J connectivity index is 2.02. The molecule has 1 aliphatic heterocycles. The van der Waals surface area contributed by atoms with E-state index in [9.17, 15) is 4.79 Å². The van der Waals surface area contributed by atoms with E-state index in [0.717, 1.165) is 25.5 Å². The van der Waals surface area contributed by atoms with E-state index in [1.807, 2.05) is 13.8 Å². The van der Waals surface area contributed by atoms with Crippen LogP contribution in [0.1, 0.15) is 26.7 Å². The molecule has 1 aliphatic rings. The molecule has 0 N–H and O–H groups in total. The fourth-order valence-corrected chi connectivity index (χ4v) is 1.70. The zero-order chi connectivity index (χ0) is 14.1. The van der Waals surface area contributed by atoms with Crippen molar-refractivity contribution in [2.24, 2.45) is 0 Å². The van der Waals surface area contributed by atoms with E-state index >= 15 is 0 Å². The van der Waals surface area contributed by atoms with E-state index < -0.39 is 5.97 Å². The maximum Gasteiger partial charge on any atom is 0.330 e. The first-order chi connectivity index (χ1) is 9.11. The molecule has 1 fully saturated rings. The highest BCUT2D eigenvalue weighted by atomic mass is 16.6. The van der Waals surface area contributed by atoms with Gasteiger partial charge in [-0.25, -0.2) is 4.79 Å². The summed E-state index contributed by atoms with van der Waals surface area (Å²) in [6, 6.07) is 0. The van der Waals surface area contributed by atoms with Crippen molar-refractivity contribution < 1.29 is 23.7 Å². The van der Waals surface area contributed by atoms with E-state index in [-0.39, 0.29) is 24.9 Å². The summed E-state index contributed by atoms with van der Waals surface area (Å²) in [6.07, 6.45) is 3.40. The lowest BCUT2D eigenvalue weighted by Crippen LogP contribution is -2.26. The third kappa shape index (κ3) is 7.30. The van der Waals surface area contributed by atoms with Gasteiger partial charge in [-0.1, -0.05) is 6.58 Å². The predicted octanol–water partition coefficient (Wildman–Crippen LogP) is 1.70. The van der Waals surface area contributed by atoms with Gasteiger partial charge in [0.05, 0.1) is 31.5 Å². The van der Waals surface area contributed by atoms with E-state index in [1.54, 1.807) is 0 Å². The zero-order valence-corrected chi connectivity index (χ0v) is 11.8. The predicted molar refractivity (Wildman–Crippen MR) is 71.0 cm³/mol. The summed E-state index contributed by atoms with van der Waals surface area (Å²) < 4.78 is 21.5. The van der Waals surface area contributed by atoms with Crippen LogP contribution in [0.2, 0.25) is 0 Å². The van der Waals surface area contributed by atoms with Crippen LogP contribution in [0.4, 0.5) is 0 Å². The van der Waals surface area contributed by atoms with E-state index in [0.29, 0.717) is 13.2 Å². The average Bonchev–Trinajstić information content (AvgIpc) is 2.93. The van der Waals surface area contributed by atoms with Gasteiger partial charge in [0.15, 0.2) is 0 Å². The minimum absolute atomic E-state index is 0.00163. The van der Waals surface area contributed by atoms with Crippen molar-refractivity contribution in [3.63, 3.8) is 0 Å². The Bertz CT molecular complexity index is 273. The van der Waals surface area contributed by atoms with Crippen LogP contribution >= 0.6 is 0 Å². The van der Waals surface area contributed by atoms with E-state index in [1.165, 1.54) is 0 Å². The molecule has 5 heteroatoms. The van der Waals surface area contributed by atoms with Crippen molar-refractivity contribution in [3.05, 3.63) is 12.7 Å². The number of hydrogen-bond acceptors (Lipinski definition) is 5. The van der Waals surface area contributed by atoms with Gasteiger partial charge in [-0.3, -0.25) is 0 Å². The quantitative estimate of drug-likeness (QED) is 0.472. The van der Waals surface area contributed by atoms with Crippen molar-refractivity contribution >= 4 is 5.97 Å². The SMILES string of the molecule is C=CC(=O)OCC(C)OCC(C)OCC1CCCO1. The van der Waals surface area contributed by atoms with Gasteiger partial charge < -0.3 is 18.9 Å². The van der Waals surface area contributed by atoms with Crippen LogP contribution in [0.25, 0.3) is 0 Å². The molecule has 3 atom stereocenters. The smallest absolute Gasteiger partial charge is 0.330 e. The first-order valence-corrected chi connectivity index (χ1v) is 6.75. The minimum Gasteiger partial charge on any atom is -0.460 e. The van der Waals surface area contributed by atoms with Gasteiger partial charge >= 0.3 is 5.97 Å². The van der Waals surface area contributed by atoms with Gasteiger partial charge in [0.1, 0.15) is 6.61 Å². The normalized spacial score (nSPS) is 21.9. The Hall–Kier alpha value is -0.910. The van der Waals surface area contributed by atoms with Gasteiger partial charge in [-0.2, -0.15) is 0 Å². The molecule has 5 nitrogen and oxygen atoms in total. The minimum atomic E-state index is -0.432. The second-order valence-electron chi connectivity index (χ2n) is 4.76. The fraction of sp³-hybridized carbons (Fsp3) is 0.786. The molecule has 1 heterocycles. The summed E-state index contributed by atoms with van der Waals surface area (Å²) in [6.45, 7) is 9.28. The molecule has 0 aromatic rings. The number of carbonyl (C=O) groups excluding carboxylic acids is 1. The van der Waals surface area contributed by atoms with Gasteiger partial charge in [0, 0.05) is 12.7 Å². The highest BCUT2D eigenvalue weighted by Crippen LogP contribution is 2.12. The largest absolute Gasteiger partial charge is 0.460 e. The number of carbonyl (C=O) groups is 1. The van der Waals surface area contributed by atoms with Crippen LogP contribution < -0.4 is 0 Å². The molecule has 1 saturated heterocycles. The summed E-state index contributed by atoms with van der Waals surface area (Å²) >= 11 is 0. The van der Waals surface area contributed by atoms with Crippen molar-refractivity contribution in [1.82, 2.24) is 0 Å². The summed E-state index contributed by atoms with van der Waals surface area (Å²) in [5.74, 6) is -0.432. The molecule has 1 rings (SSSR count). The van der Waals surface area contributed by atoms with Crippen LogP contribution in [0, 0.1) is 0 Å². The lowest BCUT2D eigenvalue weighted by Gasteiger charge is -2.19. The molecular weight excluding hydrogens is 248 g/mol. The fourth-order valence-electron chi connectivity index (χ4n) is 1.70. The lowest BCUT2D eigenvalue weighted by molar-refractivity contribution is -0.142. The third-order valence-electron chi connectivity index (χ3n) is 2.83. The van der Waals surface area contributed by atoms with Crippen LogP contribution in [0.3, 0.4) is 0 Å². The van der Waals surface area contributed by atoms with Crippen molar-refractivity contribution in [1.29, 1.82) is 0 Å². The Morgan fingerprint density at radius 2 is 2.11 bits per heavy atom. The second kappa shape index (κ2) is 9.07. The molecule has 0 amide bonds. The highest BCUT2D eigenvalue weighted by Gasteiger charge is 2.17. The molecule has 0 aromatic heterocycles. The lowest BCUT2D eigenvalue weighted by atomic mass is 10.2. The monoisotopic (exact) mass is 272 g/mol. The molecule has 0 aromatic carbocycles. The maximum atomic E-state index is 10.9. The molecule has 0 spiro atoms. The molecule has 3 unspecified atom stereocenters. The van der Waals surface area contributed by atoms with Gasteiger partial charge in [-0.15, -0.1) is 0 Å². The molecule has 0 bridgehead atoms. The van der Waals surface area contributed by atoms with Crippen LogP contribution in [-0.4, -0.2) is 50.7 Å². The van der Waals surface area contributed by atoms with Crippen LogP contribution in [-0.2, 0) is 23.7 Å². The van der Waals surface area contributed by atoms with Gasteiger partial charge in [0.2, 0.25) is 0 Å². The second-order valence-corrected chi connectivity index (χ2v) is 4.76. The number of ether oxygens (including phenoxy) is 4. The molecule has 110 valence electrons. The molecule has 0 saturated carbocycles. The summed E-state index contributed by atoms with van der Waals surface area (Å²) in [4.78, 5) is 10.9. The van der Waals surface area contributed by atoms with E-state index in [2.05, 4.69) is 6.58 Å². The number of rotatable bonds is 9. The Morgan fingerprint density at radius 3 is 2.74 bits per heavy atom. The van der Waals surface area contributed by atoms with Crippen molar-refractivity contribution in [2.45, 2.75) is 45.0 Å². The number of esters is 1. The van der Waals surface area contributed by atoms with Crippen LogP contribution in [0.5, 0.6) is 0 Å². The first kappa shape index (κ1) is 16.1. The standard InChI is InChI=1S/C14H24O5/c1-4-14(15)19-9-12(3)17-8-11(2)18-10-13-6-5-7-16-13/h4,11-13H,1,5-10H2,2-3H3. The third-order valence-corrected chi connectivity index (χ3v) is 2.83. The molecule has 19 heavy (non-hydrogen) atoms. The first-order valence-electron chi connectivity index (χ1n) is 6.75. The number of hydrogen-bond donors (Lipinski definition) is 0. The summed E-state index contributed by atoms with van der Waals surface area (Å²) in [5.41, 5.74) is 0. The van der Waals surface area contributed by atoms with E-state index in [4.69, 9.17) is 18.9 Å².